The molecule has 0 saturated heterocycles. The molecule has 1 rings (SSSR count). The number of hydrogen-bond acceptors (Lipinski definition) is 2. The number of carbonyl (C=O) groups is 1. The molecule has 1 aromatic carbocycles. The predicted molar refractivity (Wildman–Crippen MR) is 63.2 cm³/mol. The fourth-order valence-corrected chi connectivity index (χ4v) is 1.65. The third kappa shape index (κ3) is 3.91. The van der Waals surface area contributed by atoms with Gasteiger partial charge in [0.05, 0.1) is 5.02 Å². The van der Waals surface area contributed by atoms with Gasteiger partial charge in [-0.25, -0.2) is 4.39 Å². The highest BCUT2D eigenvalue weighted by molar-refractivity contribution is 6.33. The van der Waals surface area contributed by atoms with Crippen LogP contribution in [0, 0.1) is 5.82 Å². The zero-order chi connectivity index (χ0) is 12.1. The molecule has 0 aliphatic heterocycles. The molecule has 0 radical (unpaired) electrons. The van der Waals surface area contributed by atoms with Crippen molar-refractivity contribution in [1.82, 2.24) is 0 Å². The van der Waals surface area contributed by atoms with Gasteiger partial charge in [-0.1, -0.05) is 11.6 Å². The zero-order valence-electron chi connectivity index (χ0n) is 9.17. The molecule has 16 heavy (non-hydrogen) atoms. The van der Waals surface area contributed by atoms with Gasteiger partial charge >= 0.3 is 0 Å². The smallest absolute Gasteiger partial charge is 0.164 e. The third-order valence-corrected chi connectivity index (χ3v) is 2.62. The fourth-order valence-electron chi connectivity index (χ4n) is 1.43. The Hall–Kier alpha value is -0.930. The second-order valence-corrected chi connectivity index (χ2v) is 4.32. The molecule has 88 valence electrons. The van der Waals surface area contributed by atoms with E-state index >= 15 is 0 Å². The molecule has 0 amide bonds. The first-order valence-electron chi connectivity index (χ1n) is 5.24. The Balaban J connectivity index is 2.62. The number of nitrogens with two attached hydrogens (primary N) is 1. The maximum Gasteiger partial charge on any atom is 0.164 e. The second-order valence-electron chi connectivity index (χ2n) is 3.92. The number of hydrogen-bond donors (Lipinski definition) is 1. The first kappa shape index (κ1) is 13.1. The van der Waals surface area contributed by atoms with Crippen LogP contribution in [0.2, 0.25) is 5.02 Å². The van der Waals surface area contributed by atoms with Crippen LogP contribution in [0.15, 0.2) is 18.2 Å². The molecule has 0 saturated carbocycles. The lowest BCUT2D eigenvalue weighted by Gasteiger charge is -2.05. The lowest BCUT2D eigenvalue weighted by atomic mass is 10.0. The van der Waals surface area contributed by atoms with Crippen molar-refractivity contribution in [2.45, 2.75) is 32.2 Å². The summed E-state index contributed by atoms with van der Waals surface area (Å²) in [6.07, 6.45) is 1.83. The van der Waals surface area contributed by atoms with Crippen molar-refractivity contribution in [3.8, 4) is 0 Å². The van der Waals surface area contributed by atoms with Gasteiger partial charge in [0.1, 0.15) is 5.82 Å². The van der Waals surface area contributed by atoms with Gasteiger partial charge < -0.3 is 5.73 Å². The molecule has 1 atom stereocenters. The van der Waals surface area contributed by atoms with Crippen LogP contribution in [0.1, 0.15) is 36.5 Å². The Morgan fingerprint density at radius 2 is 2.25 bits per heavy atom. The Bertz CT molecular complexity index is 379. The number of Topliss-reactive ketones (excluding diaryl/α,β-unsaturated/α-hetero) is 1. The average molecular weight is 244 g/mol. The standard InChI is InChI=1S/C12H15ClFNO/c1-8(15)3-2-4-12(16)10-7-9(14)5-6-11(10)13/h5-8H,2-4,15H2,1H3. The molecular formula is C12H15ClFNO. The highest BCUT2D eigenvalue weighted by Gasteiger charge is 2.11. The summed E-state index contributed by atoms with van der Waals surface area (Å²) in [5.74, 6) is -0.579. The van der Waals surface area contributed by atoms with Gasteiger partial charge in [-0.05, 0) is 38.0 Å². The zero-order valence-corrected chi connectivity index (χ0v) is 9.93. The van der Waals surface area contributed by atoms with E-state index in [0.29, 0.717) is 17.9 Å². The molecule has 0 fully saturated rings. The Labute approximate surface area is 99.6 Å². The van der Waals surface area contributed by atoms with Gasteiger partial charge in [-0.15, -0.1) is 0 Å². The van der Waals surface area contributed by atoms with Crippen LogP contribution in [0.4, 0.5) is 4.39 Å². The van der Waals surface area contributed by atoms with E-state index in [1.54, 1.807) is 0 Å². The molecule has 0 aromatic heterocycles. The van der Waals surface area contributed by atoms with Crippen molar-refractivity contribution in [3.63, 3.8) is 0 Å². The van der Waals surface area contributed by atoms with Crippen LogP contribution >= 0.6 is 11.6 Å². The van der Waals surface area contributed by atoms with Crippen LogP contribution < -0.4 is 5.73 Å². The largest absolute Gasteiger partial charge is 0.328 e. The molecule has 1 unspecified atom stereocenters. The van der Waals surface area contributed by atoms with Crippen molar-refractivity contribution in [2.24, 2.45) is 5.73 Å². The normalized spacial score (nSPS) is 12.5. The monoisotopic (exact) mass is 243 g/mol. The summed E-state index contributed by atoms with van der Waals surface area (Å²) in [6, 6.07) is 3.89. The second kappa shape index (κ2) is 5.97. The topological polar surface area (TPSA) is 43.1 Å². The molecule has 4 heteroatoms. The lowest BCUT2D eigenvalue weighted by molar-refractivity contribution is 0.0978. The molecule has 0 bridgehead atoms. The van der Waals surface area contributed by atoms with Crippen LogP contribution in [0.5, 0.6) is 0 Å². The van der Waals surface area contributed by atoms with E-state index in [0.717, 1.165) is 6.42 Å². The van der Waals surface area contributed by atoms with E-state index in [1.807, 2.05) is 6.92 Å². The van der Waals surface area contributed by atoms with Gasteiger partial charge in [-0.2, -0.15) is 0 Å². The molecule has 0 aliphatic rings. The lowest BCUT2D eigenvalue weighted by Crippen LogP contribution is -2.14. The summed E-state index contributed by atoms with van der Waals surface area (Å²) in [6.45, 7) is 1.89. The molecule has 0 aliphatic carbocycles. The Morgan fingerprint density at radius 3 is 2.88 bits per heavy atom. The fraction of sp³-hybridized carbons (Fsp3) is 0.417. The van der Waals surface area contributed by atoms with E-state index in [2.05, 4.69) is 0 Å². The highest BCUT2D eigenvalue weighted by Crippen LogP contribution is 2.19. The van der Waals surface area contributed by atoms with Crippen LogP contribution in [0.3, 0.4) is 0 Å². The van der Waals surface area contributed by atoms with Crippen LogP contribution in [-0.2, 0) is 0 Å². The maximum atomic E-state index is 12.9. The van der Waals surface area contributed by atoms with E-state index in [-0.39, 0.29) is 17.4 Å². The third-order valence-electron chi connectivity index (χ3n) is 2.29. The summed E-state index contributed by atoms with van der Waals surface area (Å²) in [4.78, 5) is 11.7. The van der Waals surface area contributed by atoms with Gasteiger partial charge in [-0.3, -0.25) is 4.79 Å². The minimum Gasteiger partial charge on any atom is -0.328 e. The summed E-state index contributed by atoms with van der Waals surface area (Å²) in [7, 11) is 0. The quantitative estimate of drug-likeness (QED) is 0.808. The minimum atomic E-state index is -0.444. The van der Waals surface area contributed by atoms with E-state index in [4.69, 9.17) is 17.3 Å². The summed E-state index contributed by atoms with van der Waals surface area (Å²) >= 11 is 5.82. The van der Waals surface area contributed by atoms with Gasteiger partial charge in [0.2, 0.25) is 0 Å². The van der Waals surface area contributed by atoms with E-state index in [1.165, 1.54) is 18.2 Å². The number of ketones is 1. The molecule has 1 aromatic rings. The van der Waals surface area contributed by atoms with E-state index in [9.17, 15) is 9.18 Å². The maximum absolute atomic E-state index is 12.9. The van der Waals surface area contributed by atoms with Gasteiger partial charge in [0.15, 0.2) is 5.78 Å². The highest BCUT2D eigenvalue weighted by atomic mass is 35.5. The van der Waals surface area contributed by atoms with Gasteiger partial charge in [0.25, 0.3) is 0 Å². The van der Waals surface area contributed by atoms with Crippen molar-refractivity contribution in [2.75, 3.05) is 0 Å². The molecule has 2 nitrogen and oxygen atoms in total. The number of benzene rings is 1. The minimum absolute atomic E-state index is 0.0794. The first-order valence-corrected chi connectivity index (χ1v) is 5.62. The summed E-state index contributed by atoms with van der Waals surface area (Å²) in [5.41, 5.74) is 5.83. The van der Waals surface area contributed by atoms with Crippen LogP contribution in [-0.4, -0.2) is 11.8 Å². The van der Waals surface area contributed by atoms with Crippen molar-refractivity contribution < 1.29 is 9.18 Å². The molecule has 2 N–H and O–H groups in total. The number of halogens is 2. The molecule has 0 heterocycles. The SMILES string of the molecule is CC(N)CCCC(=O)c1cc(F)ccc1Cl. The first-order chi connectivity index (χ1) is 7.50. The predicted octanol–water partition coefficient (Wildman–Crippen LogP) is 3.18. The Kier molecular flexibility index (Phi) is 4.90. The summed E-state index contributed by atoms with van der Waals surface area (Å²) in [5, 5.41) is 0.298. The Morgan fingerprint density at radius 1 is 1.56 bits per heavy atom. The molecular weight excluding hydrogens is 229 g/mol. The number of carbonyl (C=O) groups excluding carboxylic acids is 1. The average Bonchev–Trinajstić information content (AvgIpc) is 2.21. The van der Waals surface area contributed by atoms with Crippen LogP contribution in [0.25, 0.3) is 0 Å². The van der Waals surface area contributed by atoms with Gasteiger partial charge in [0, 0.05) is 18.0 Å². The van der Waals surface area contributed by atoms with Crippen molar-refractivity contribution >= 4 is 17.4 Å². The summed E-state index contributed by atoms with van der Waals surface area (Å²) < 4.78 is 12.9. The molecule has 0 spiro atoms. The van der Waals surface area contributed by atoms with E-state index < -0.39 is 5.82 Å². The number of rotatable bonds is 5. The van der Waals surface area contributed by atoms with Crippen molar-refractivity contribution in [1.29, 1.82) is 0 Å². The van der Waals surface area contributed by atoms with Crippen molar-refractivity contribution in [3.05, 3.63) is 34.6 Å².